The SMILES string of the molecule is COc1ccc(CN2[C@H]([C@@]3(C)C=NN=N3)C[C@]3(C[C@@H]2C)C(=O)Nc2cc(C(F)(F)F)ccc23)cc1. The number of halogens is 3. The number of alkyl halides is 3. The first-order valence-corrected chi connectivity index (χ1v) is 11.4. The minimum Gasteiger partial charge on any atom is -0.497 e. The summed E-state index contributed by atoms with van der Waals surface area (Å²) >= 11 is 0. The Hall–Kier alpha value is -3.27. The van der Waals surface area contributed by atoms with Gasteiger partial charge in [-0.05, 0) is 67.3 Å². The van der Waals surface area contributed by atoms with E-state index in [4.69, 9.17) is 4.74 Å². The molecule has 0 saturated carbocycles. The summed E-state index contributed by atoms with van der Waals surface area (Å²) in [6, 6.07) is 11.0. The summed E-state index contributed by atoms with van der Waals surface area (Å²) < 4.78 is 45.2. The van der Waals surface area contributed by atoms with Gasteiger partial charge in [0.15, 0.2) is 0 Å². The second-order valence-corrected chi connectivity index (χ2v) is 9.75. The van der Waals surface area contributed by atoms with E-state index in [1.165, 1.54) is 6.07 Å². The first-order chi connectivity index (χ1) is 16.6. The van der Waals surface area contributed by atoms with Crippen molar-refractivity contribution < 1.29 is 22.7 Å². The number of rotatable bonds is 4. The van der Waals surface area contributed by atoms with Crippen LogP contribution in [0.25, 0.3) is 0 Å². The van der Waals surface area contributed by atoms with Crippen LogP contribution < -0.4 is 10.1 Å². The number of methoxy groups -OCH3 is 1. The number of carbonyl (C=O) groups is 1. The van der Waals surface area contributed by atoms with Crippen LogP contribution in [0.2, 0.25) is 0 Å². The maximum absolute atomic E-state index is 13.4. The predicted octanol–water partition coefficient (Wildman–Crippen LogP) is 5.17. The van der Waals surface area contributed by atoms with Gasteiger partial charge in [0.2, 0.25) is 5.91 Å². The average molecular weight is 486 g/mol. The molecule has 3 heterocycles. The fourth-order valence-corrected chi connectivity index (χ4v) is 5.66. The number of nitrogens with zero attached hydrogens (tertiary/aromatic N) is 4. The smallest absolute Gasteiger partial charge is 0.416 e. The van der Waals surface area contributed by atoms with E-state index in [2.05, 4.69) is 25.7 Å². The zero-order chi connectivity index (χ0) is 25.0. The van der Waals surface area contributed by atoms with E-state index < -0.39 is 22.7 Å². The van der Waals surface area contributed by atoms with Crippen molar-refractivity contribution in [1.29, 1.82) is 0 Å². The highest BCUT2D eigenvalue weighted by Crippen LogP contribution is 2.51. The van der Waals surface area contributed by atoms with Crippen molar-refractivity contribution in [2.75, 3.05) is 12.4 Å². The minimum atomic E-state index is -4.48. The highest BCUT2D eigenvalue weighted by atomic mass is 19.4. The van der Waals surface area contributed by atoms with Gasteiger partial charge in [-0.25, -0.2) is 0 Å². The Morgan fingerprint density at radius 2 is 1.91 bits per heavy atom. The molecule has 1 fully saturated rings. The van der Waals surface area contributed by atoms with Gasteiger partial charge in [-0.3, -0.25) is 9.69 Å². The van der Waals surface area contributed by atoms with Crippen molar-refractivity contribution in [3.63, 3.8) is 0 Å². The number of ether oxygens (including phenoxy) is 1. The number of amides is 1. The lowest BCUT2D eigenvalue weighted by atomic mass is 9.65. The van der Waals surface area contributed by atoms with Crippen LogP contribution in [0.3, 0.4) is 0 Å². The van der Waals surface area contributed by atoms with Crippen LogP contribution in [-0.4, -0.2) is 41.8 Å². The first-order valence-electron chi connectivity index (χ1n) is 11.4. The fraction of sp³-hybridized carbons (Fsp3) is 0.440. The Balaban J connectivity index is 1.53. The molecule has 7 nitrogen and oxygen atoms in total. The molecule has 0 unspecified atom stereocenters. The Kier molecular flexibility index (Phi) is 5.47. The summed E-state index contributed by atoms with van der Waals surface area (Å²) in [5.74, 6) is 0.486. The molecule has 184 valence electrons. The van der Waals surface area contributed by atoms with Crippen LogP contribution in [0.4, 0.5) is 18.9 Å². The maximum Gasteiger partial charge on any atom is 0.416 e. The molecule has 0 radical (unpaired) electrons. The van der Waals surface area contributed by atoms with Gasteiger partial charge in [0.25, 0.3) is 0 Å². The van der Waals surface area contributed by atoms with Gasteiger partial charge in [0.05, 0.1) is 24.3 Å². The topological polar surface area (TPSA) is 78.7 Å². The van der Waals surface area contributed by atoms with E-state index >= 15 is 0 Å². The van der Waals surface area contributed by atoms with E-state index in [9.17, 15) is 18.0 Å². The molecule has 2 aromatic rings. The zero-order valence-corrected chi connectivity index (χ0v) is 19.6. The number of piperidine rings is 1. The van der Waals surface area contributed by atoms with E-state index in [1.54, 1.807) is 13.3 Å². The van der Waals surface area contributed by atoms with Gasteiger partial charge < -0.3 is 10.1 Å². The fourth-order valence-electron chi connectivity index (χ4n) is 5.66. The highest BCUT2D eigenvalue weighted by Gasteiger charge is 2.57. The van der Waals surface area contributed by atoms with Crippen LogP contribution in [-0.2, 0) is 22.9 Å². The van der Waals surface area contributed by atoms with Crippen LogP contribution in [0, 0.1) is 0 Å². The largest absolute Gasteiger partial charge is 0.497 e. The number of benzene rings is 2. The summed E-state index contributed by atoms with van der Waals surface area (Å²) in [6.07, 6.45) is -1.96. The number of anilines is 1. The number of carbonyl (C=O) groups excluding carboxylic acids is 1. The summed E-state index contributed by atoms with van der Waals surface area (Å²) in [5, 5.41) is 14.9. The molecule has 1 amide bonds. The summed E-state index contributed by atoms with van der Waals surface area (Å²) in [6.45, 7) is 4.57. The van der Waals surface area contributed by atoms with Crippen molar-refractivity contribution in [3.05, 3.63) is 59.2 Å². The molecule has 1 N–H and O–H groups in total. The van der Waals surface area contributed by atoms with Crippen molar-refractivity contribution in [3.8, 4) is 5.75 Å². The molecule has 2 aromatic carbocycles. The monoisotopic (exact) mass is 485 g/mol. The maximum atomic E-state index is 13.4. The molecule has 3 aliphatic rings. The lowest BCUT2D eigenvalue weighted by Crippen LogP contribution is -2.62. The standard InChI is InChI=1S/C25H26F3N5O2/c1-15-11-24(19-9-6-17(25(26,27)28)10-20(19)30-22(24)34)12-21(23(2)14-29-32-31-23)33(15)13-16-4-7-18(35-3)8-5-16/h4-10,14-15,21H,11-13H2,1-3H3,(H,30,34)/t15-,21-,23+,24-/m0/s1. The Bertz CT molecular complexity index is 1200. The number of hydrogen-bond donors (Lipinski definition) is 1. The average Bonchev–Trinajstić information content (AvgIpc) is 3.37. The van der Waals surface area contributed by atoms with Crippen LogP contribution in [0.1, 0.15) is 43.4 Å². The minimum absolute atomic E-state index is 0.0733. The van der Waals surface area contributed by atoms with Gasteiger partial charge in [0.1, 0.15) is 11.3 Å². The number of likely N-dealkylation sites (tertiary alicyclic amines) is 1. The van der Waals surface area contributed by atoms with Crippen LogP contribution >= 0.6 is 0 Å². The molecule has 1 spiro atoms. The molecular weight excluding hydrogens is 459 g/mol. The highest BCUT2D eigenvalue weighted by molar-refractivity contribution is 6.06. The molecule has 4 atom stereocenters. The number of hydrogen-bond acceptors (Lipinski definition) is 6. The summed E-state index contributed by atoms with van der Waals surface area (Å²) in [4.78, 5) is 15.7. The van der Waals surface area contributed by atoms with E-state index in [-0.39, 0.29) is 23.7 Å². The van der Waals surface area contributed by atoms with Gasteiger partial charge in [-0.1, -0.05) is 18.2 Å². The zero-order valence-electron chi connectivity index (χ0n) is 19.6. The van der Waals surface area contributed by atoms with E-state index in [1.807, 2.05) is 38.1 Å². The third-order valence-corrected chi connectivity index (χ3v) is 7.53. The van der Waals surface area contributed by atoms with Crippen molar-refractivity contribution in [2.45, 2.75) is 62.4 Å². The molecule has 10 heteroatoms. The Labute approximate surface area is 201 Å². The van der Waals surface area contributed by atoms with Crippen molar-refractivity contribution >= 4 is 17.8 Å². The first kappa shape index (κ1) is 23.5. The van der Waals surface area contributed by atoms with Crippen LogP contribution in [0.15, 0.2) is 57.9 Å². The van der Waals surface area contributed by atoms with Gasteiger partial charge in [0, 0.05) is 24.3 Å². The number of fused-ring (bicyclic) bond motifs is 2. The normalized spacial score (nSPS) is 30.1. The second-order valence-electron chi connectivity index (χ2n) is 9.75. The molecule has 0 bridgehead atoms. The van der Waals surface area contributed by atoms with Gasteiger partial charge in [-0.2, -0.15) is 18.3 Å². The quantitative estimate of drug-likeness (QED) is 0.649. The molecule has 1 saturated heterocycles. The third-order valence-electron chi connectivity index (χ3n) is 7.53. The molecular formula is C25H26F3N5O2. The molecule has 3 aliphatic heterocycles. The van der Waals surface area contributed by atoms with Crippen molar-refractivity contribution in [1.82, 2.24) is 4.90 Å². The second kappa shape index (κ2) is 8.15. The molecule has 0 aliphatic carbocycles. The third kappa shape index (κ3) is 3.89. The molecule has 0 aromatic heterocycles. The molecule has 35 heavy (non-hydrogen) atoms. The van der Waals surface area contributed by atoms with Crippen molar-refractivity contribution in [2.24, 2.45) is 15.4 Å². The van der Waals surface area contributed by atoms with Gasteiger partial charge in [-0.15, -0.1) is 5.10 Å². The lowest BCUT2D eigenvalue weighted by Gasteiger charge is -2.51. The van der Waals surface area contributed by atoms with E-state index in [0.29, 0.717) is 24.9 Å². The predicted molar refractivity (Wildman–Crippen MR) is 125 cm³/mol. The Morgan fingerprint density at radius 3 is 2.54 bits per heavy atom. The Morgan fingerprint density at radius 1 is 1.17 bits per heavy atom. The summed E-state index contributed by atoms with van der Waals surface area (Å²) in [7, 11) is 1.62. The van der Waals surface area contributed by atoms with E-state index in [0.717, 1.165) is 23.4 Å². The lowest BCUT2D eigenvalue weighted by molar-refractivity contribution is -0.137. The number of nitrogens with one attached hydrogen (secondary N) is 1. The van der Waals surface area contributed by atoms with Crippen LogP contribution in [0.5, 0.6) is 5.75 Å². The summed E-state index contributed by atoms with van der Waals surface area (Å²) in [5.41, 5.74) is -0.616. The molecule has 5 rings (SSSR count). The van der Waals surface area contributed by atoms with Gasteiger partial charge >= 0.3 is 6.18 Å².